The van der Waals surface area contributed by atoms with E-state index in [1.54, 1.807) is 29.4 Å². The number of carbonyl (C=O) groups excluding carboxylic acids is 1. The summed E-state index contributed by atoms with van der Waals surface area (Å²) in [5.74, 6) is 0.791. The summed E-state index contributed by atoms with van der Waals surface area (Å²) in [7, 11) is 0. The Labute approximate surface area is 141 Å². The van der Waals surface area contributed by atoms with E-state index in [1.807, 2.05) is 49.4 Å². The Morgan fingerprint density at radius 2 is 1.75 bits per heavy atom. The highest BCUT2D eigenvalue weighted by atomic mass is 16.3. The van der Waals surface area contributed by atoms with Gasteiger partial charge in [0, 0.05) is 11.1 Å². The molecule has 0 saturated heterocycles. The molecule has 0 saturated carbocycles. The number of amides is 1. The molecule has 0 aliphatic carbocycles. The third kappa shape index (κ3) is 3.49. The fourth-order valence-corrected chi connectivity index (χ4v) is 2.62. The molecule has 0 atom stereocenters. The summed E-state index contributed by atoms with van der Waals surface area (Å²) in [5, 5.41) is 10.0. The Bertz CT molecular complexity index is 824. The SMILES string of the molecule is Cc1ccccc1C(=O)N(Cc1ccco1)Cc1ccccc1O. The quantitative estimate of drug-likeness (QED) is 0.768. The number of rotatable bonds is 5. The first-order valence-corrected chi connectivity index (χ1v) is 7.79. The number of para-hydroxylation sites is 1. The van der Waals surface area contributed by atoms with E-state index in [1.165, 1.54) is 0 Å². The summed E-state index contributed by atoms with van der Waals surface area (Å²) in [6.07, 6.45) is 1.59. The van der Waals surface area contributed by atoms with Gasteiger partial charge in [-0.1, -0.05) is 36.4 Å². The number of aryl methyl sites for hydroxylation is 1. The molecule has 0 unspecified atom stereocenters. The molecule has 4 heteroatoms. The van der Waals surface area contributed by atoms with Gasteiger partial charge in [-0.05, 0) is 36.8 Å². The monoisotopic (exact) mass is 321 g/mol. The molecule has 1 N–H and O–H groups in total. The average molecular weight is 321 g/mol. The van der Waals surface area contributed by atoms with Crippen LogP contribution in [0.3, 0.4) is 0 Å². The molecule has 3 aromatic rings. The second-order valence-electron chi connectivity index (χ2n) is 5.68. The lowest BCUT2D eigenvalue weighted by atomic mass is 10.1. The lowest BCUT2D eigenvalue weighted by Gasteiger charge is -2.23. The number of aromatic hydroxyl groups is 1. The Hall–Kier alpha value is -3.01. The van der Waals surface area contributed by atoms with Crippen LogP contribution < -0.4 is 0 Å². The van der Waals surface area contributed by atoms with Gasteiger partial charge in [0.15, 0.2) is 0 Å². The van der Waals surface area contributed by atoms with Crippen molar-refractivity contribution in [2.24, 2.45) is 0 Å². The van der Waals surface area contributed by atoms with Gasteiger partial charge in [-0.2, -0.15) is 0 Å². The van der Waals surface area contributed by atoms with Crippen LogP contribution in [0.1, 0.15) is 27.2 Å². The first-order chi connectivity index (χ1) is 11.6. The number of phenolic OH excluding ortho intramolecular Hbond substituents is 1. The van der Waals surface area contributed by atoms with E-state index >= 15 is 0 Å². The minimum Gasteiger partial charge on any atom is -0.508 e. The van der Waals surface area contributed by atoms with E-state index in [4.69, 9.17) is 4.42 Å². The van der Waals surface area contributed by atoms with Crippen molar-refractivity contribution in [3.63, 3.8) is 0 Å². The maximum absolute atomic E-state index is 13.0. The van der Waals surface area contributed by atoms with Crippen molar-refractivity contribution in [3.8, 4) is 5.75 Å². The minimum absolute atomic E-state index is 0.0900. The number of hydrogen-bond donors (Lipinski definition) is 1. The Morgan fingerprint density at radius 3 is 2.46 bits per heavy atom. The maximum Gasteiger partial charge on any atom is 0.254 e. The van der Waals surface area contributed by atoms with Gasteiger partial charge in [-0.25, -0.2) is 0 Å². The number of nitrogens with zero attached hydrogens (tertiary/aromatic N) is 1. The van der Waals surface area contributed by atoms with E-state index < -0.39 is 0 Å². The molecule has 0 spiro atoms. The first kappa shape index (κ1) is 15.9. The van der Waals surface area contributed by atoms with Gasteiger partial charge in [-0.3, -0.25) is 4.79 Å². The predicted molar refractivity (Wildman–Crippen MR) is 91.6 cm³/mol. The number of hydrogen-bond acceptors (Lipinski definition) is 3. The van der Waals surface area contributed by atoms with Gasteiger partial charge in [0.2, 0.25) is 0 Å². The fraction of sp³-hybridized carbons (Fsp3) is 0.150. The molecule has 3 rings (SSSR count). The van der Waals surface area contributed by atoms with E-state index in [0.29, 0.717) is 30.0 Å². The minimum atomic E-state index is -0.0900. The molecular formula is C20H19NO3. The van der Waals surface area contributed by atoms with Crippen molar-refractivity contribution in [1.82, 2.24) is 4.90 Å². The second-order valence-corrected chi connectivity index (χ2v) is 5.68. The third-order valence-electron chi connectivity index (χ3n) is 3.94. The van der Waals surface area contributed by atoms with Crippen LogP contribution in [0.5, 0.6) is 5.75 Å². The maximum atomic E-state index is 13.0. The van der Waals surface area contributed by atoms with Crippen LogP contribution >= 0.6 is 0 Å². The zero-order valence-electron chi connectivity index (χ0n) is 13.5. The summed E-state index contributed by atoms with van der Waals surface area (Å²) in [6.45, 7) is 2.56. The van der Waals surface area contributed by atoms with E-state index in [0.717, 1.165) is 5.56 Å². The van der Waals surface area contributed by atoms with Crippen LogP contribution in [0.25, 0.3) is 0 Å². The average Bonchev–Trinajstić information content (AvgIpc) is 3.09. The lowest BCUT2D eigenvalue weighted by molar-refractivity contribution is 0.0716. The molecular weight excluding hydrogens is 302 g/mol. The Balaban J connectivity index is 1.91. The van der Waals surface area contributed by atoms with Crippen molar-refractivity contribution in [1.29, 1.82) is 0 Å². The molecule has 0 aliphatic heterocycles. The molecule has 0 fully saturated rings. The molecule has 0 aliphatic rings. The van der Waals surface area contributed by atoms with E-state index in [2.05, 4.69) is 0 Å². The van der Waals surface area contributed by atoms with Crippen LogP contribution in [0.4, 0.5) is 0 Å². The van der Waals surface area contributed by atoms with Crippen molar-refractivity contribution in [2.45, 2.75) is 20.0 Å². The molecule has 0 radical (unpaired) electrons. The van der Waals surface area contributed by atoms with Crippen LogP contribution in [0.2, 0.25) is 0 Å². The molecule has 24 heavy (non-hydrogen) atoms. The summed E-state index contributed by atoms with van der Waals surface area (Å²) in [6, 6.07) is 18.2. The molecule has 122 valence electrons. The van der Waals surface area contributed by atoms with Gasteiger partial charge >= 0.3 is 0 Å². The number of phenols is 1. The van der Waals surface area contributed by atoms with Crippen LogP contribution in [-0.4, -0.2) is 15.9 Å². The van der Waals surface area contributed by atoms with Gasteiger partial charge in [0.1, 0.15) is 11.5 Å². The lowest BCUT2D eigenvalue weighted by Crippen LogP contribution is -2.30. The highest BCUT2D eigenvalue weighted by molar-refractivity contribution is 5.95. The van der Waals surface area contributed by atoms with Crippen molar-refractivity contribution >= 4 is 5.91 Å². The molecule has 1 aromatic heterocycles. The van der Waals surface area contributed by atoms with E-state index in [-0.39, 0.29) is 11.7 Å². The standard InChI is InChI=1S/C20H19NO3/c1-15-7-2-4-10-18(15)20(23)21(14-17-9-6-12-24-17)13-16-8-3-5-11-19(16)22/h2-12,22H,13-14H2,1H3. The number of furan rings is 1. The molecule has 0 bridgehead atoms. The normalized spacial score (nSPS) is 10.5. The van der Waals surface area contributed by atoms with Gasteiger partial charge < -0.3 is 14.4 Å². The van der Waals surface area contributed by atoms with Crippen molar-refractivity contribution < 1.29 is 14.3 Å². The summed E-state index contributed by atoms with van der Waals surface area (Å²) in [4.78, 5) is 14.7. The fourth-order valence-electron chi connectivity index (χ4n) is 2.62. The molecule has 1 heterocycles. The first-order valence-electron chi connectivity index (χ1n) is 7.79. The van der Waals surface area contributed by atoms with Crippen LogP contribution in [-0.2, 0) is 13.1 Å². The van der Waals surface area contributed by atoms with Crippen LogP contribution in [0, 0.1) is 6.92 Å². The number of carbonyl (C=O) groups is 1. The molecule has 2 aromatic carbocycles. The highest BCUT2D eigenvalue weighted by Gasteiger charge is 2.20. The third-order valence-corrected chi connectivity index (χ3v) is 3.94. The van der Waals surface area contributed by atoms with Crippen molar-refractivity contribution in [2.75, 3.05) is 0 Å². The predicted octanol–water partition coefficient (Wildman–Crippen LogP) is 4.14. The summed E-state index contributed by atoms with van der Waals surface area (Å²) < 4.78 is 5.39. The Kier molecular flexibility index (Phi) is 4.66. The topological polar surface area (TPSA) is 53.7 Å². The summed E-state index contributed by atoms with van der Waals surface area (Å²) >= 11 is 0. The zero-order valence-corrected chi connectivity index (χ0v) is 13.5. The smallest absolute Gasteiger partial charge is 0.254 e. The van der Waals surface area contributed by atoms with Gasteiger partial charge in [0.25, 0.3) is 5.91 Å². The molecule has 4 nitrogen and oxygen atoms in total. The summed E-state index contributed by atoms with van der Waals surface area (Å²) in [5.41, 5.74) is 2.27. The van der Waals surface area contributed by atoms with Crippen molar-refractivity contribution in [3.05, 3.63) is 89.4 Å². The Morgan fingerprint density at radius 1 is 1.00 bits per heavy atom. The van der Waals surface area contributed by atoms with E-state index in [9.17, 15) is 9.90 Å². The second kappa shape index (κ2) is 7.04. The largest absolute Gasteiger partial charge is 0.508 e. The van der Waals surface area contributed by atoms with Gasteiger partial charge in [-0.15, -0.1) is 0 Å². The van der Waals surface area contributed by atoms with Crippen LogP contribution in [0.15, 0.2) is 71.3 Å². The highest BCUT2D eigenvalue weighted by Crippen LogP contribution is 2.21. The van der Waals surface area contributed by atoms with Gasteiger partial charge in [0.05, 0.1) is 19.4 Å². The number of benzene rings is 2. The zero-order chi connectivity index (χ0) is 16.9. The molecule has 1 amide bonds.